The van der Waals surface area contributed by atoms with Crippen LogP contribution < -0.4 is 10.1 Å². The van der Waals surface area contributed by atoms with Crippen molar-refractivity contribution >= 4 is 0 Å². The first-order valence-corrected chi connectivity index (χ1v) is 7.41. The van der Waals surface area contributed by atoms with E-state index in [-0.39, 0.29) is 17.6 Å². The van der Waals surface area contributed by atoms with Crippen molar-refractivity contribution in [1.29, 1.82) is 0 Å². The highest BCUT2D eigenvalue weighted by molar-refractivity contribution is 5.30. The zero-order valence-corrected chi connectivity index (χ0v) is 13.2. The van der Waals surface area contributed by atoms with Crippen molar-refractivity contribution in [3.63, 3.8) is 0 Å². The molecule has 0 saturated heterocycles. The van der Waals surface area contributed by atoms with E-state index in [4.69, 9.17) is 14.2 Å². The minimum Gasteiger partial charge on any atom is -0.488 e. The summed E-state index contributed by atoms with van der Waals surface area (Å²) in [5.41, 5.74) is 0.921. The van der Waals surface area contributed by atoms with E-state index in [0.717, 1.165) is 18.5 Å². The highest BCUT2D eigenvalue weighted by Crippen LogP contribution is 2.22. The third-order valence-electron chi connectivity index (χ3n) is 3.07. The molecule has 0 aliphatic rings. The second-order valence-electron chi connectivity index (χ2n) is 4.82. The summed E-state index contributed by atoms with van der Waals surface area (Å²) in [4.78, 5) is 0. The average molecular weight is 299 g/mol. The van der Waals surface area contributed by atoms with Gasteiger partial charge in [0.05, 0.1) is 19.8 Å². The second-order valence-corrected chi connectivity index (χ2v) is 4.82. The Labute approximate surface area is 126 Å². The van der Waals surface area contributed by atoms with Crippen molar-refractivity contribution in [3.8, 4) is 5.75 Å². The number of methoxy groups -OCH3 is 1. The third-order valence-corrected chi connectivity index (χ3v) is 3.07. The van der Waals surface area contributed by atoms with Crippen LogP contribution in [-0.2, 0) is 9.47 Å². The predicted molar refractivity (Wildman–Crippen MR) is 81.3 cm³/mol. The van der Waals surface area contributed by atoms with E-state index < -0.39 is 0 Å². The van der Waals surface area contributed by atoms with E-state index >= 15 is 0 Å². The minimum atomic E-state index is -0.338. The van der Waals surface area contributed by atoms with Crippen molar-refractivity contribution in [2.45, 2.75) is 26.3 Å². The zero-order valence-electron chi connectivity index (χ0n) is 13.2. The van der Waals surface area contributed by atoms with Crippen molar-refractivity contribution in [2.24, 2.45) is 0 Å². The van der Waals surface area contributed by atoms with Crippen molar-refractivity contribution in [3.05, 3.63) is 29.6 Å². The second kappa shape index (κ2) is 10.5. The van der Waals surface area contributed by atoms with Crippen LogP contribution in [0.5, 0.6) is 5.75 Å². The lowest BCUT2D eigenvalue weighted by Crippen LogP contribution is -2.19. The summed E-state index contributed by atoms with van der Waals surface area (Å²) < 4.78 is 29.4. The van der Waals surface area contributed by atoms with E-state index in [1.807, 2.05) is 13.0 Å². The van der Waals surface area contributed by atoms with Crippen LogP contribution in [0.1, 0.15) is 31.9 Å². The van der Waals surface area contributed by atoms with Gasteiger partial charge >= 0.3 is 0 Å². The number of hydrogen-bond acceptors (Lipinski definition) is 4. The van der Waals surface area contributed by atoms with Crippen LogP contribution in [0, 0.1) is 5.82 Å². The molecular formula is C16H26FNO3. The Morgan fingerprint density at radius 1 is 1.19 bits per heavy atom. The van der Waals surface area contributed by atoms with Crippen LogP contribution in [0.25, 0.3) is 0 Å². The number of hydrogen-bond donors (Lipinski definition) is 1. The number of rotatable bonds is 11. The maximum absolute atomic E-state index is 13.9. The highest BCUT2D eigenvalue weighted by Gasteiger charge is 2.09. The Balaban J connectivity index is 2.39. The topological polar surface area (TPSA) is 39.7 Å². The largest absolute Gasteiger partial charge is 0.488 e. The van der Waals surface area contributed by atoms with E-state index in [1.54, 1.807) is 13.2 Å². The maximum Gasteiger partial charge on any atom is 0.165 e. The third kappa shape index (κ3) is 6.89. The van der Waals surface area contributed by atoms with Gasteiger partial charge in [-0.25, -0.2) is 4.39 Å². The van der Waals surface area contributed by atoms with Gasteiger partial charge in [0.15, 0.2) is 11.6 Å². The van der Waals surface area contributed by atoms with E-state index in [2.05, 4.69) is 12.2 Å². The van der Waals surface area contributed by atoms with Crippen LogP contribution >= 0.6 is 0 Å². The summed E-state index contributed by atoms with van der Waals surface area (Å²) in [6, 6.07) is 5.21. The molecule has 4 nitrogen and oxygen atoms in total. The Bertz CT molecular complexity index is 401. The van der Waals surface area contributed by atoms with E-state index in [1.165, 1.54) is 6.07 Å². The molecule has 1 unspecified atom stereocenters. The Kier molecular flexibility index (Phi) is 8.98. The molecule has 1 rings (SSSR count). The molecule has 0 aromatic heterocycles. The summed E-state index contributed by atoms with van der Waals surface area (Å²) in [6.07, 6.45) is 1.05. The first-order chi connectivity index (χ1) is 10.2. The predicted octanol–water partition coefficient (Wildman–Crippen LogP) is 2.93. The first kappa shape index (κ1) is 17.9. The molecule has 0 fully saturated rings. The standard InChI is InChI=1S/C16H26FNO3/c1-4-7-18-13(2)14-5-6-16(15(17)12-14)21-11-10-20-9-8-19-3/h5-6,12-13,18H,4,7-11H2,1-3H3. The lowest BCUT2D eigenvalue weighted by molar-refractivity contribution is 0.0538. The smallest absolute Gasteiger partial charge is 0.165 e. The number of ether oxygens (including phenoxy) is 3. The highest BCUT2D eigenvalue weighted by atomic mass is 19.1. The minimum absolute atomic E-state index is 0.130. The monoisotopic (exact) mass is 299 g/mol. The molecule has 0 bridgehead atoms. The number of halogens is 1. The zero-order chi connectivity index (χ0) is 15.5. The molecule has 0 radical (unpaired) electrons. The SMILES string of the molecule is CCCNC(C)c1ccc(OCCOCCOC)c(F)c1. The summed E-state index contributed by atoms with van der Waals surface area (Å²) in [5, 5.41) is 3.33. The van der Waals surface area contributed by atoms with E-state index in [9.17, 15) is 4.39 Å². The van der Waals surface area contributed by atoms with Gasteiger partial charge in [0.25, 0.3) is 0 Å². The van der Waals surface area contributed by atoms with Gasteiger partial charge in [-0.1, -0.05) is 13.0 Å². The Morgan fingerprint density at radius 3 is 2.62 bits per heavy atom. The van der Waals surface area contributed by atoms with Gasteiger partial charge in [-0.15, -0.1) is 0 Å². The lowest BCUT2D eigenvalue weighted by Gasteiger charge is -2.15. The van der Waals surface area contributed by atoms with Gasteiger partial charge in [-0.2, -0.15) is 0 Å². The summed E-state index contributed by atoms with van der Waals surface area (Å²) in [6.45, 7) is 6.84. The van der Waals surface area contributed by atoms with Crippen LogP contribution in [-0.4, -0.2) is 40.1 Å². The average Bonchev–Trinajstić information content (AvgIpc) is 2.49. The molecule has 0 spiro atoms. The van der Waals surface area contributed by atoms with Crippen LogP contribution in [0.15, 0.2) is 18.2 Å². The molecule has 1 N–H and O–H groups in total. The molecule has 120 valence electrons. The fourth-order valence-corrected chi connectivity index (χ4v) is 1.84. The molecule has 0 aliphatic carbocycles. The van der Waals surface area contributed by atoms with Gasteiger partial charge in [-0.3, -0.25) is 0 Å². The molecule has 0 saturated carbocycles. The summed E-state index contributed by atoms with van der Waals surface area (Å²) in [5.74, 6) is -0.0775. The van der Waals surface area contributed by atoms with Crippen LogP contribution in [0.3, 0.4) is 0 Å². The Morgan fingerprint density at radius 2 is 1.95 bits per heavy atom. The first-order valence-electron chi connectivity index (χ1n) is 7.41. The van der Waals surface area contributed by atoms with Gasteiger partial charge in [-0.05, 0) is 37.6 Å². The Hall–Kier alpha value is -1.17. The summed E-state index contributed by atoms with van der Waals surface area (Å²) in [7, 11) is 1.62. The van der Waals surface area contributed by atoms with Crippen LogP contribution in [0.4, 0.5) is 4.39 Å². The molecule has 1 atom stereocenters. The molecule has 0 heterocycles. The normalized spacial score (nSPS) is 12.4. The molecular weight excluding hydrogens is 273 g/mol. The lowest BCUT2D eigenvalue weighted by atomic mass is 10.1. The maximum atomic E-state index is 13.9. The van der Waals surface area contributed by atoms with Gasteiger partial charge in [0, 0.05) is 13.2 Å². The fraction of sp³-hybridized carbons (Fsp3) is 0.625. The molecule has 1 aromatic rings. The molecule has 1 aromatic carbocycles. The van der Waals surface area contributed by atoms with Crippen molar-refractivity contribution in [2.75, 3.05) is 40.1 Å². The van der Waals surface area contributed by atoms with Gasteiger partial charge in [0.1, 0.15) is 6.61 Å². The van der Waals surface area contributed by atoms with Crippen molar-refractivity contribution < 1.29 is 18.6 Å². The van der Waals surface area contributed by atoms with Gasteiger partial charge < -0.3 is 19.5 Å². The van der Waals surface area contributed by atoms with Crippen molar-refractivity contribution in [1.82, 2.24) is 5.32 Å². The number of nitrogens with one attached hydrogen (secondary N) is 1. The van der Waals surface area contributed by atoms with Gasteiger partial charge in [0.2, 0.25) is 0 Å². The van der Waals surface area contributed by atoms with Crippen LogP contribution in [0.2, 0.25) is 0 Å². The quantitative estimate of drug-likeness (QED) is 0.638. The molecule has 0 amide bonds. The van der Waals surface area contributed by atoms with E-state index in [0.29, 0.717) is 26.4 Å². The fourth-order valence-electron chi connectivity index (χ4n) is 1.84. The number of benzene rings is 1. The molecule has 0 aliphatic heterocycles. The summed E-state index contributed by atoms with van der Waals surface area (Å²) >= 11 is 0. The molecule has 21 heavy (non-hydrogen) atoms. The molecule has 5 heteroatoms.